The van der Waals surface area contributed by atoms with Gasteiger partial charge in [0, 0.05) is 21.3 Å². The van der Waals surface area contributed by atoms with E-state index < -0.39 is 17.9 Å². The summed E-state index contributed by atoms with van der Waals surface area (Å²) in [4.78, 5) is 25.2. The highest BCUT2D eigenvalue weighted by atomic mass is 127. The van der Waals surface area contributed by atoms with E-state index in [1.165, 1.54) is 6.21 Å². The molecule has 38 heavy (non-hydrogen) atoms. The highest BCUT2D eigenvalue weighted by Crippen LogP contribution is 2.34. The van der Waals surface area contributed by atoms with Gasteiger partial charge in [-0.15, -0.1) is 0 Å². The van der Waals surface area contributed by atoms with E-state index in [0.717, 1.165) is 8.04 Å². The van der Waals surface area contributed by atoms with Crippen molar-refractivity contribution in [2.75, 3.05) is 13.2 Å². The van der Waals surface area contributed by atoms with Crippen LogP contribution in [0.25, 0.3) is 0 Å². The lowest BCUT2D eigenvalue weighted by Crippen LogP contribution is -2.45. The zero-order chi connectivity index (χ0) is 27.8. The highest BCUT2D eigenvalue weighted by molar-refractivity contribution is 14.1. The predicted octanol–water partition coefficient (Wildman–Crippen LogP) is 4.73. The van der Waals surface area contributed by atoms with Crippen LogP contribution in [-0.4, -0.2) is 42.5 Å². The third kappa shape index (κ3) is 7.90. The minimum Gasteiger partial charge on any atom is -0.489 e. The minimum atomic E-state index is -0.613. The van der Waals surface area contributed by atoms with E-state index in [-0.39, 0.29) is 19.3 Å². The number of para-hydroxylation sites is 1. The van der Waals surface area contributed by atoms with Gasteiger partial charge in [-0.2, -0.15) is 5.10 Å². The number of halogens is 2. The standard InChI is InChI=1S/C26H28BrIN4O5S/c1-5-35-25(34)22-15(4)30-26(38)31-23(22)18-8-6-7-9-20(18)36-13-21(33)32-29-12-16-10-17(27)11-19(28)24(16)37-14(2)3/h6-12,14,23H,5,13H2,1-4H3,(H,32,33)(H2,30,31,38)/t23-/m1/s1. The molecule has 202 valence electrons. The van der Waals surface area contributed by atoms with Crippen LogP contribution in [0.15, 0.2) is 57.2 Å². The van der Waals surface area contributed by atoms with Crippen molar-refractivity contribution >= 4 is 73.9 Å². The number of allylic oxidation sites excluding steroid dienone is 1. The largest absolute Gasteiger partial charge is 0.489 e. The van der Waals surface area contributed by atoms with E-state index in [1.54, 1.807) is 32.0 Å². The van der Waals surface area contributed by atoms with E-state index >= 15 is 0 Å². The lowest BCUT2D eigenvalue weighted by molar-refractivity contribution is -0.139. The molecule has 0 fully saturated rings. The fourth-order valence-corrected chi connectivity index (χ4v) is 5.59. The predicted molar refractivity (Wildman–Crippen MR) is 161 cm³/mol. The maximum Gasteiger partial charge on any atom is 0.338 e. The average molecular weight is 715 g/mol. The molecule has 0 spiro atoms. The molecule has 0 unspecified atom stereocenters. The van der Waals surface area contributed by atoms with Crippen LogP contribution in [0.5, 0.6) is 11.5 Å². The molecule has 3 rings (SSSR count). The Morgan fingerprint density at radius 1 is 1.29 bits per heavy atom. The van der Waals surface area contributed by atoms with Crippen LogP contribution in [0, 0.1) is 3.57 Å². The first-order valence-electron chi connectivity index (χ1n) is 11.7. The molecule has 9 nitrogen and oxygen atoms in total. The molecule has 1 aliphatic heterocycles. The second-order valence-electron chi connectivity index (χ2n) is 8.38. The van der Waals surface area contributed by atoms with Gasteiger partial charge in [0.25, 0.3) is 5.91 Å². The van der Waals surface area contributed by atoms with E-state index in [1.807, 2.05) is 32.0 Å². The molecule has 1 atom stereocenters. The Hall–Kier alpha value is -2.71. The fraction of sp³-hybridized carbons (Fsp3) is 0.308. The van der Waals surface area contributed by atoms with Gasteiger partial charge in [-0.1, -0.05) is 34.1 Å². The van der Waals surface area contributed by atoms with Gasteiger partial charge in [-0.25, -0.2) is 10.2 Å². The molecular weight excluding hydrogens is 687 g/mol. The van der Waals surface area contributed by atoms with E-state index in [9.17, 15) is 9.59 Å². The Labute approximate surface area is 249 Å². The number of hydrogen-bond donors (Lipinski definition) is 3. The summed E-state index contributed by atoms with van der Waals surface area (Å²) in [6.45, 7) is 7.31. The summed E-state index contributed by atoms with van der Waals surface area (Å²) in [5.41, 5.74) is 4.80. The van der Waals surface area contributed by atoms with Gasteiger partial charge in [0.2, 0.25) is 0 Å². The number of hydrogen-bond acceptors (Lipinski definition) is 7. The quantitative estimate of drug-likeness (QED) is 0.107. The number of ether oxygens (including phenoxy) is 3. The van der Waals surface area contributed by atoms with E-state index in [0.29, 0.717) is 39.0 Å². The van der Waals surface area contributed by atoms with Gasteiger partial charge in [0.1, 0.15) is 11.5 Å². The van der Waals surface area contributed by atoms with Gasteiger partial charge in [-0.3, -0.25) is 4.79 Å². The van der Waals surface area contributed by atoms with Crippen LogP contribution in [0.1, 0.15) is 44.9 Å². The number of rotatable bonds is 10. The monoisotopic (exact) mass is 714 g/mol. The van der Waals surface area contributed by atoms with Crippen molar-refractivity contribution in [2.24, 2.45) is 5.10 Å². The van der Waals surface area contributed by atoms with E-state index in [2.05, 4.69) is 59.7 Å². The molecule has 12 heteroatoms. The Bertz CT molecular complexity index is 1280. The Morgan fingerprint density at radius 3 is 2.74 bits per heavy atom. The van der Waals surface area contributed by atoms with E-state index in [4.69, 9.17) is 26.4 Å². The van der Waals surface area contributed by atoms with Crippen molar-refractivity contribution in [3.8, 4) is 11.5 Å². The summed E-state index contributed by atoms with van der Waals surface area (Å²) >= 11 is 11.0. The zero-order valence-corrected chi connectivity index (χ0v) is 25.8. The molecule has 0 radical (unpaired) electrons. The topological polar surface area (TPSA) is 110 Å². The molecule has 0 saturated heterocycles. The van der Waals surface area contributed by atoms with Crippen molar-refractivity contribution in [1.29, 1.82) is 0 Å². The lowest BCUT2D eigenvalue weighted by atomic mass is 9.95. The third-order valence-corrected chi connectivity index (χ3v) is 6.62. The summed E-state index contributed by atoms with van der Waals surface area (Å²) in [6, 6.07) is 10.3. The molecule has 0 bridgehead atoms. The third-order valence-electron chi connectivity index (χ3n) is 5.14. The summed E-state index contributed by atoms with van der Waals surface area (Å²) in [5, 5.41) is 10.5. The van der Waals surface area contributed by atoms with Crippen molar-refractivity contribution < 1.29 is 23.8 Å². The minimum absolute atomic E-state index is 0.0216. The summed E-state index contributed by atoms with van der Waals surface area (Å²) in [7, 11) is 0. The normalized spacial score (nSPS) is 15.2. The maximum atomic E-state index is 12.7. The smallest absolute Gasteiger partial charge is 0.338 e. The van der Waals surface area contributed by atoms with Gasteiger partial charge in [-0.05, 0) is 80.7 Å². The Balaban J connectivity index is 1.73. The summed E-state index contributed by atoms with van der Waals surface area (Å²) in [6.07, 6.45) is 1.50. The van der Waals surface area contributed by atoms with Crippen molar-refractivity contribution in [2.45, 2.75) is 39.8 Å². The second kappa shape index (κ2) is 13.9. The van der Waals surface area contributed by atoms with Crippen molar-refractivity contribution in [1.82, 2.24) is 16.1 Å². The zero-order valence-electron chi connectivity index (χ0n) is 21.3. The number of carbonyl (C=O) groups excluding carboxylic acids is 2. The molecule has 0 saturated carbocycles. The van der Waals surface area contributed by atoms with Crippen LogP contribution in [0.2, 0.25) is 0 Å². The molecule has 0 aromatic heterocycles. The number of nitrogens with one attached hydrogen (secondary N) is 3. The summed E-state index contributed by atoms with van der Waals surface area (Å²) in [5.74, 6) is 0.165. The number of amides is 1. The number of carbonyl (C=O) groups is 2. The molecular formula is C26H28BrIN4O5S. The second-order valence-corrected chi connectivity index (χ2v) is 10.9. The fourth-order valence-electron chi connectivity index (χ4n) is 3.64. The van der Waals surface area contributed by atoms with Crippen molar-refractivity contribution in [3.05, 3.63) is 66.8 Å². The number of thiocarbonyl (C=S) groups is 1. The first kappa shape index (κ1) is 29.8. The van der Waals surface area contributed by atoms with Crippen molar-refractivity contribution in [3.63, 3.8) is 0 Å². The molecule has 1 aliphatic rings. The van der Waals surface area contributed by atoms with Crippen LogP contribution in [0.3, 0.4) is 0 Å². The van der Waals surface area contributed by atoms with Crippen LogP contribution >= 0.6 is 50.7 Å². The Kier molecular flexibility index (Phi) is 10.9. The first-order valence-corrected chi connectivity index (χ1v) is 14.0. The van der Waals surface area contributed by atoms with Gasteiger partial charge >= 0.3 is 5.97 Å². The lowest BCUT2D eigenvalue weighted by Gasteiger charge is -2.30. The van der Waals surface area contributed by atoms with Crippen LogP contribution in [0.4, 0.5) is 0 Å². The first-order chi connectivity index (χ1) is 18.1. The molecule has 1 heterocycles. The SMILES string of the molecule is CCOC(=O)C1=C(C)NC(=S)N[C@@H]1c1ccccc1OCC(=O)NN=Cc1cc(Br)cc(I)c1OC(C)C. The van der Waals surface area contributed by atoms with Crippen LogP contribution in [-0.2, 0) is 14.3 Å². The van der Waals surface area contributed by atoms with Gasteiger partial charge < -0.3 is 24.8 Å². The molecule has 2 aromatic rings. The number of benzene rings is 2. The average Bonchev–Trinajstić information content (AvgIpc) is 2.84. The van der Waals surface area contributed by atoms with Crippen LogP contribution < -0.4 is 25.5 Å². The maximum absolute atomic E-state index is 12.7. The summed E-state index contributed by atoms with van der Waals surface area (Å²) < 4.78 is 18.8. The molecule has 2 aromatic carbocycles. The molecule has 1 amide bonds. The van der Waals surface area contributed by atoms with Gasteiger partial charge in [0.05, 0.1) is 34.1 Å². The molecule has 0 aliphatic carbocycles. The Morgan fingerprint density at radius 2 is 2.03 bits per heavy atom. The van der Waals surface area contributed by atoms with Gasteiger partial charge in [0.15, 0.2) is 11.7 Å². The highest BCUT2D eigenvalue weighted by Gasteiger charge is 2.32. The molecule has 3 N–H and O–H groups in total. The number of esters is 1. The number of nitrogens with zero attached hydrogens (tertiary/aromatic N) is 1. The number of hydrazone groups is 1.